The fourth-order valence-electron chi connectivity index (χ4n) is 2.66. The molecule has 156 valence electrons. The minimum absolute atomic E-state index is 0. The molecule has 0 heterocycles. The predicted octanol–water partition coefficient (Wildman–Crippen LogP) is 1.93. The summed E-state index contributed by atoms with van der Waals surface area (Å²) in [6.07, 6.45) is 0.770. The average molecular weight is 509 g/mol. The maximum Gasteiger partial charge on any atom is 0.251 e. The van der Waals surface area contributed by atoms with Gasteiger partial charge in [-0.25, -0.2) is 0 Å². The Labute approximate surface area is 188 Å². The third-order valence-electron chi connectivity index (χ3n) is 4.25. The van der Waals surface area contributed by atoms with Crippen molar-refractivity contribution in [3.05, 3.63) is 70.8 Å². The smallest absolute Gasteiger partial charge is 0.251 e. The van der Waals surface area contributed by atoms with Crippen LogP contribution in [-0.2, 0) is 13.0 Å². The molecule has 0 radical (unpaired) electrons. The molecule has 0 aliphatic heterocycles. The number of rotatable bonds is 7. The van der Waals surface area contributed by atoms with Crippen LogP contribution < -0.4 is 21.3 Å². The van der Waals surface area contributed by atoms with Crippen molar-refractivity contribution < 1.29 is 9.59 Å². The molecule has 0 spiro atoms. The Hall–Kier alpha value is -2.62. The second kappa shape index (κ2) is 12.8. The summed E-state index contributed by atoms with van der Waals surface area (Å²) in [6, 6.07) is 15.0. The second-order valence-corrected chi connectivity index (χ2v) is 6.16. The topological polar surface area (TPSA) is 94.6 Å². The van der Waals surface area contributed by atoms with E-state index in [0.29, 0.717) is 30.2 Å². The Bertz CT molecular complexity index is 837. The molecule has 2 rings (SSSR count). The Morgan fingerprint density at radius 3 is 2.14 bits per heavy atom. The van der Waals surface area contributed by atoms with Crippen LogP contribution in [0.5, 0.6) is 0 Å². The first kappa shape index (κ1) is 24.4. The Morgan fingerprint density at radius 1 is 0.862 bits per heavy atom. The Kier molecular flexibility index (Phi) is 10.7. The van der Waals surface area contributed by atoms with Crippen molar-refractivity contribution in [3.63, 3.8) is 0 Å². The van der Waals surface area contributed by atoms with Gasteiger partial charge in [0.2, 0.25) is 0 Å². The van der Waals surface area contributed by atoms with E-state index in [4.69, 9.17) is 0 Å². The molecule has 0 atom stereocenters. The number of amides is 2. The number of aliphatic imine (C=N–C) groups is 1. The molecule has 7 nitrogen and oxygen atoms in total. The van der Waals surface area contributed by atoms with Crippen LogP contribution in [0.1, 0.15) is 31.8 Å². The lowest BCUT2D eigenvalue weighted by Crippen LogP contribution is -2.37. The number of nitrogens with zero attached hydrogens (tertiary/aromatic N) is 1. The van der Waals surface area contributed by atoms with Crippen molar-refractivity contribution in [3.8, 4) is 0 Å². The number of carbonyl (C=O) groups is 2. The van der Waals surface area contributed by atoms with E-state index in [0.717, 1.165) is 17.5 Å². The number of nitrogens with one attached hydrogen (secondary N) is 4. The van der Waals surface area contributed by atoms with E-state index < -0.39 is 0 Å². The summed E-state index contributed by atoms with van der Waals surface area (Å²) in [4.78, 5) is 27.5. The number of hydrogen-bond acceptors (Lipinski definition) is 3. The molecule has 2 aromatic rings. The molecule has 8 heteroatoms. The lowest BCUT2D eigenvalue weighted by Gasteiger charge is -2.12. The molecule has 29 heavy (non-hydrogen) atoms. The average Bonchev–Trinajstić information content (AvgIpc) is 2.75. The summed E-state index contributed by atoms with van der Waals surface area (Å²) in [7, 11) is 4.96. The van der Waals surface area contributed by atoms with Gasteiger partial charge in [-0.1, -0.05) is 24.3 Å². The van der Waals surface area contributed by atoms with E-state index in [1.807, 2.05) is 30.3 Å². The van der Waals surface area contributed by atoms with E-state index in [1.165, 1.54) is 0 Å². The zero-order valence-corrected chi connectivity index (χ0v) is 19.2. The third-order valence-corrected chi connectivity index (χ3v) is 4.25. The van der Waals surface area contributed by atoms with Crippen LogP contribution in [0, 0.1) is 0 Å². The molecule has 0 saturated carbocycles. The highest BCUT2D eigenvalue weighted by atomic mass is 127. The SMILES string of the molecule is CN=C(NCCc1cccc(C(=O)NC)c1)NCc1ccc(C(=O)NC)cc1.I. The van der Waals surface area contributed by atoms with Crippen molar-refractivity contribution in [1.29, 1.82) is 0 Å². The molecule has 0 fully saturated rings. The molecule has 0 saturated heterocycles. The summed E-state index contributed by atoms with van der Waals surface area (Å²) in [5, 5.41) is 11.7. The van der Waals surface area contributed by atoms with Gasteiger partial charge in [0.15, 0.2) is 5.96 Å². The van der Waals surface area contributed by atoms with Crippen molar-refractivity contribution >= 4 is 41.8 Å². The van der Waals surface area contributed by atoms with Gasteiger partial charge in [0, 0.05) is 45.4 Å². The van der Waals surface area contributed by atoms with Crippen molar-refractivity contribution in [2.24, 2.45) is 4.99 Å². The number of carbonyl (C=O) groups excluding carboxylic acids is 2. The van der Waals surface area contributed by atoms with E-state index in [1.54, 1.807) is 39.3 Å². The number of hydrogen-bond donors (Lipinski definition) is 4. The number of benzene rings is 2. The first-order chi connectivity index (χ1) is 13.6. The number of halogens is 1. The van der Waals surface area contributed by atoms with Crippen LogP contribution in [0.15, 0.2) is 53.5 Å². The molecule has 0 aliphatic rings. The highest BCUT2D eigenvalue weighted by Gasteiger charge is 2.05. The maximum atomic E-state index is 11.7. The summed E-state index contributed by atoms with van der Waals surface area (Å²) >= 11 is 0. The molecule has 0 aromatic heterocycles. The normalized spacial score (nSPS) is 10.5. The van der Waals surface area contributed by atoms with Gasteiger partial charge in [-0.05, 0) is 41.8 Å². The lowest BCUT2D eigenvalue weighted by atomic mass is 10.1. The van der Waals surface area contributed by atoms with Crippen LogP contribution >= 0.6 is 24.0 Å². The van der Waals surface area contributed by atoms with Gasteiger partial charge in [-0.15, -0.1) is 24.0 Å². The van der Waals surface area contributed by atoms with Crippen molar-refractivity contribution in [1.82, 2.24) is 21.3 Å². The van der Waals surface area contributed by atoms with Gasteiger partial charge in [0.25, 0.3) is 11.8 Å². The van der Waals surface area contributed by atoms with Gasteiger partial charge in [-0.2, -0.15) is 0 Å². The molecular formula is C21H28IN5O2. The van der Waals surface area contributed by atoms with Gasteiger partial charge in [0.1, 0.15) is 0 Å². The quantitative estimate of drug-likeness (QED) is 0.261. The number of guanidine groups is 1. The molecule has 2 aromatic carbocycles. The van der Waals surface area contributed by atoms with Gasteiger partial charge in [-0.3, -0.25) is 14.6 Å². The molecule has 0 aliphatic carbocycles. The van der Waals surface area contributed by atoms with Crippen molar-refractivity contribution in [2.75, 3.05) is 27.7 Å². The fraction of sp³-hybridized carbons (Fsp3) is 0.286. The zero-order chi connectivity index (χ0) is 20.4. The van der Waals surface area contributed by atoms with Gasteiger partial charge >= 0.3 is 0 Å². The van der Waals surface area contributed by atoms with Crippen LogP contribution in [0.3, 0.4) is 0 Å². The largest absolute Gasteiger partial charge is 0.356 e. The molecule has 0 bridgehead atoms. The summed E-state index contributed by atoms with van der Waals surface area (Å²) in [5.41, 5.74) is 3.41. The highest BCUT2D eigenvalue weighted by Crippen LogP contribution is 2.06. The molecule has 4 N–H and O–H groups in total. The Morgan fingerprint density at radius 2 is 1.52 bits per heavy atom. The minimum atomic E-state index is -0.0996. The monoisotopic (exact) mass is 509 g/mol. The van der Waals surface area contributed by atoms with Gasteiger partial charge < -0.3 is 21.3 Å². The van der Waals surface area contributed by atoms with Crippen LogP contribution in [0.25, 0.3) is 0 Å². The summed E-state index contributed by atoms with van der Waals surface area (Å²) in [6.45, 7) is 1.28. The standard InChI is InChI=1S/C21H27N5O2.HI/c1-22-19(27)17-9-7-16(8-10-17)14-26-21(24-3)25-12-11-15-5-4-6-18(13-15)20(28)23-2;/h4-10,13H,11-12,14H2,1-3H3,(H,22,27)(H,23,28)(H2,24,25,26);1H. The molecule has 0 unspecified atom stereocenters. The molecule has 2 amide bonds. The summed E-state index contributed by atoms with van der Waals surface area (Å²) < 4.78 is 0. The predicted molar refractivity (Wildman–Crippen MR) is 127 cm³/mol. The first-order valence-corrected chi connectivity index (χ1v) is 9.14. The van der Waals surface area contributed by atoms with E-state index in [9.17, 15) is 9.59 Å². The van der Waals surface area contributed by atoms with Gasteiger partial charge in [0.05, 0.1) is 0 Å². The lowest BCUT2D eigenvalue weighted by molar-refractivity contribution is 0.0955. The highest BCUT2D eigenvalue weighted by molar-refractivity contribution is 14.0. The maximum absolute atomic E-state index is 11.7. The summed E-state index contributed by atoms with van der Waals surface area (Å²) in [5.74, 6) is 0.505. The third kappa shape index (κ3) is 7.72. The zero-order valence-electron chi connectivity index (χ0n) is 16.9. The van der Waals surface area contributed by atoms with E-state index in [-0.39, 0.29) is 35.8 Å². The minimum Gasteiger partial charge on any atom is -0.356 e. The molecular weight excluding hydrogens is 481 g/mol. The van der Waals surface area contributed by atoms with E-state index >= 15 is 0 Å². The van der Waals surface area contributed by atoms with Crippen LogP contribution in [0.2, 0.25) is 0 Å². The van der Waals surface area contributed by atoms with Crippen LogP contribution in [0.4, 0.5) is 0 Å². The van der Waals surface area contributed by atoms with E-state index in [2.05, 4.69) is 26.3 Å². The Balaban J connectivity index is 0.00000420. The first-order valence-electron chi connectivity index (χ1n) is 9.14. The van der Waals surface area contributed by atoms with Crippen molar-refractivity contribution in [2.45, 2.75) is 13.0 Å². The van der Waals surface area contributed by atoms with Crippen LogP contribution in [-0.4, -0.2) is 45.5 Å². The fourth-order valence-corrected chi connectivity index (χ4v) is 2.66. The second-order valence-electron chi connectivity index (χ2n) is 6.16.